The zero-order chi connectivity index (χ0) is 15.9. The van der Waals surface area contributed by atoms with E-state index in [0.29, 0.717) is 18.3 Å². The molecule has 1 N–H and O–H groups in total. The molecule has 0 unspecified atom stereocenters. The second kappa shape index (κ2) is 4.51. The van der Waals surface area contributed by atoms with Crippen LogP contribution in [0.5, 0.6) is 0 Å². The summed E-state index contributed by atoms with van der Waals surface area (Å²) < 4.78 is 12.2. The number of aliphatic hydroxyl groups is 1. The third-order valence-corrected chi connectivity index (χ3v) is 8.21. The Hall–Kier alpha value is -0.610. The van der Waals surface area contributed by atoms with Crippen LogP contribution >= 0.6 is 0 Å². The average Bonchev–Trinajstić information content (AvgIpc) is 2.77. The Balaban J connectivity index is 1.67. The molecule has 6 fully saturated rings. The van der Waals surface area contributed by atoms with Crippen LogP contribution in [0.3, 0.4) is 0 Å². The van der Waals surface area contributed by atoms with Gasteiger partial charge in [0, 0.05) is 0 Å². The lowest BCUT2D eigenvalue weighted by Crippen LogP contribution is -2.66. The Morgan fingerprint density at radius 1 is 1.13 bits per heavy atom. The van der Waals surface area contributed by atoms with Gasteiger partial charge in [0.2, 0.25) is 0 Å². The Labute approximate surface area is 137 Å². The smallest absolute Gasteiger partial charge is 0.314 e. The number of fused-ring (bicyclic) bond motifs is 2. The molecule has 1 saturated heterocycles. The maximum Gasteiger partial charge on any atom is 0.314 e. The van der Waals surface area contributed by atoms with Gasteiger partial charge in [0.1, 0.15) is 5.41 Å². The Bertz CT molecular complexity index is 515. The number of methoxy groups -OCH3 is 1. The van der Waals surface area contributed by atoms with Gasteiger partial charge in [-0.1, -0.05) is 0 Å². The fourth-order valence-electron chi connectivity index (χ4n) is 7.84. The normalized spacial score (nSPS) is 56.3. The average molecular weight is 320 g/mol. The fourth-order valence-corrected chi connectivity index (χ4v) is 7.84. The van der Waals surface area contributed by atoms with Crippen LogP contribution in [-0.2, 0) is 14.3 Å². The summed E-state index contributed by atoms with van der Waals surface area (Å²) in [5.41, 5.74) is -1.36. The molecule has 1 spiro atoms. The fraction of sp³-hybridized carbons (Fsp3) is 0.947. The van der Waals surface area contributed by atoms with Gasteiger partial charge in [-0.2, -0.15) is 0 Å². The van der Waals surface area contributed by atoms with Crippen molar-refractivity contribution in [2.45, 2.75) is 69.0 Å². The molecule has 2 atom stereocenters. The molecule has 128 valence electrons. The van der Waals surface area contributed by atoms with Gasteiger partial charge in [0.15, 0.2) is 0 Å². The predicted molar refractivity (Wildman–Crippen MR) is 83.6 cm³/mol. The topological polar surface area (TPSA) is 55.8 Å². The van der Waals surface area contributed by atoms with Gasteiger partial charge in [-0.05, 0) is 81.5 Å². The van der Waals surface area contributed by atoms with Gasteiger partial charge in [-0.3, -0.25) is 4.79 Å². The molecule has 0 aromatic heterocycles. The second-order valence-electron chi connectivity index (χ2n) is 9.14. The van der Waals surface area contributed by atoms with Crippen molar-refractivity contribution in [3.8, 4) is 0 Å². The highest BCUT2D eigenvalue weighted by atomic mass is 16.6. The second-order valence-corrected chi connectivity index (χ2v) is 9.14. The summed E-state index contributed by atoms with van der Waals surface area (Å²) in [5.74, 6) is 2.59. The highest BCUT2D eigenvalue weighted by Crippen LogP contribution is 2.72. The summed E-state index contributed by atoms with van der Waals surface area (Å²) in [5, 5.41) is 10.1. The van der Waals surface area contributed by atoms with E-state index < -0.39 is 11.0 Å². The summed E-state index contributed by atoms with van der Waals surface area (Å²) in [7, 11) is 1.52. The Morgan fingerprint density at radius 2 is 1.78 bits per heavy atom. The predicted octanol–water partition coefficient (Wildman–Crippen LogP) is 2.68. The molecule has 0 radical (unpaired) electrons. The summed E-state index contributed by atoms with van der Waals surface area (Å²) in [6.45, 7) is 0.0415. The van der Waals surface area contributed by atoms with E-state index in [2.05, 4.69) is 0 Å². The molecule has 6 aliphatic rings. The van der Waals surface area contributed by atoms with E-state index in [1.807, 2.05) is 0 Å². The molecule has 6 rings (SSSR count). The Morgan fingerprint density at radius 3 is 2.35 bits per heavy atom. The largest absolute Gasteiger partial charge is 0.469 e. The van der Waals surface area contributed by atoms with Crippen molar-refractivity contribution in [3.63, 3.8) is 0 Å². The van der Waals surface area contributed by atoms with Gasteiger partial charge < -0.3 is 14.6 Å². The maximum absolute atomic E-state index is 13.0. The number of carbonyl (C=O) groups excluding carboxylic acids is 1. The van der Waals surface area contributed by atoms with Crippen molar-refractivity contribution >= 4 is 5.97 Å². The van der Waals surface area contributed by atoms with Crippen molar-refractivity contribution in [3.05, 3.63) is 0 Å². The molecule has 23 heavy (non-hydrogen) atoms. The number of ether oxygens (including phenoxy) is 2. The highest BCUT2D eigenvalue weighted by molar-refractivity contribution is 5.80. The van der Waals surface area contributed by atoms with Gasteiger partial charge in [0.05, 0.1) is 24.9 Å². The first kappa shape index (κ1) is 14.7. The lowest BCUT2D eigenvalue weighted by Gasteiger charge is -2.63. The molecule has 1 heterocycles. The van der Waals surface area contributed by atoms with Crippen LogP contribution in [0.2, 0.25) is 0 Å². The van der Waals surface area contributed by atoms with Crippen molar-refractivity contribution in [1.29, 1.82) is 0 Å². The first-order valence-electron chi connectivity index (χ1n) is 9.47. The number of hydrogen-bond donors (Lipinski definition) is 1. The molecule has 1 aliphatic heterocycles. The minimum Gasteiger partial charge on any atom is -0.469 e. The van der Waals surface area contributed by atoms with Crippen LogP contribution in [0.1, 0.15) is 57.8 Å². The number of aliphatic hydroxyl groups excluding tert-OH is 1. The van der Waals surface area contributed by atoms with Crippen molar-refractivity contribution in [2.75, 3.05) is 13.7 Å². The van der Waals surface area contributed by atoms with Gasteiger partial charge in [-0.25, -0.2) is 0 Å². The van der Waals surface area contributed by atoms with Crippen molar-refractivity contribution < 1.29 is 19.4 Å². The van der Waals surface area contributed by atoms with Crippen molar-refractivity contribution in [1.82, 2.24) is 0 Å². The zero-order valence-corrected chi connectivity index (χ0v) is 14.1. The molecule has 4 heteroatoms. The van der Waals surface area contributed by atoms with E-state index in [1.165, 1.54) is 39.2 Å². The first-order chi connectivity index (χ1) is 11.1. The van der Waals surface area contributed by atoms with Crippen LogP contribution in [0.4, 0.5) is 0 Å². The third-order valence-electron chi connectivity index (χ3n) is 8.21. The summed E-state index contributed by atoms with van der Waals surface area (Å²) >= 11 is 0. The van der Waals surface area contributed by atoms with E-state index in [4.69, 9.17) is 9.47 Å². The number of hydrogen-bond acceptors (Lipinski definition) is 4. The standard InChI is InChI=1S/C19H28O4/c1-22-16(21)18-4-2-3-17(10-18,11-20)23-19(18)14-6-12-5-13(8-14)9-15(19)7-12/h12-15,20H,2-11H2,1H3/t12?,13?,14?,15?,17-,18+,19?/m1/s1. The van der Waals surface area contributed by atoms with Crippen LogP contribution in [0.15, 0.2) is 0 Å². The SMILES string of the molecule is COC(=O)[C@]12CCC[C@](CO)(C1)OC21C2CC3CC(C2)CC1C3. The summed E-state index contributed by atoms with van der Waals surface area (Å²) in [4.78, 5) is 13.0. The van der Waals surface area contributed by atoms with Gasteiger partial charge >= 0.3 is 5.97 Å². The van der Waals surface area contributed by atoms with E-state index in [1.54, 1.807) is 0 Å². The van der Waals surface area contributed by atoms with E-state index in [0.717, 1.165) is 31.1 Å². The van der Waals surface area contributed by atoms with E-state index in [-0.39, 0.29) is 18.2 Å². The lowest BCUT2D eigenvalue weighted by atomic mass is 9.43. The van der Waals surface area contributed by atoms with Crippen LogP contribution < -0.4 is 0 Å². The first-order valence-corrected chi connectivity index (χ1v) is 9.47. The van der Waals surface area contributed by atoms with Crippen LogP contribution in [0, 0.1) is 29.1 Å². The van der Waals surface area contributed by atoms with Gasteiger partial charge in [0.25, 0.3) is 0 Å². The molecule has 0 aromatic carbocycles. The maximum atomic E-state index is 13.0. The molecule has 6 bridgehead atoms. The number of esters is 1. The molecule has 5 saturated carbocycles. The van der Waals surface area contributed by atoms with Gasteiger partial charge in [-0.15, -0.1) is 0 Å². The minimum atomic E-state index is -0.509. The number of carbonyl (C=O) groups is 1. The highest BCUT2D eigenvalue weighted by Gasteiger charge is 2.77. The van der Waals surface area contributed by atoms with Crippen LogP contribution in [-0.4, -0.2) is 36.0 Å². The summed E-state index contributed by atoms with van der Waals surface area (Å²) in [6.07, 6.45) is 9.65. The Kier molecular flexibility index (Phi) is 2.89. The molecular formula is C19H28O4. The molecular weight excluding hydrogens is 292 g/mol. The lowest BCUT2D eigenvalue weighted by molar-refractivity contribution is -0.251. The monoisotopic (exact) mass is 320 g/mol. The molecule has 4 nitrogen and oxygen atoms in total. The quantitative estimate of drug-likeness (QED) is 0.795. The zero-order valence-electron chi connectivity index (χ0n) is 14.1. The molecule has 0 aromatic rings. The number of rotatable bonds is 2. The summed E-state index contributed by atoms with van der Waals surface area (Å²) in [6, 6.07) is 0. The molecule has 5 aliphatic carbocycles. The third kappa shape index (κ3) is 1.58. The van der Waals surface area contributed by atoms with E-state index in [9.17, 15) is 9.90 Å². The van der Waals surface area contributed by atoms with E-state index >= 15 is 0 Å². The van der Waals surface area contributed by atoms with Crippen molar-refractivity contribution in [2.24, 2.45) is 29.1 Å². The molecule has 0 amide bonds. The van der Waals surface area contributed by atoms with Crippen LogP contribution in [0.25, 0.3) is 0 Å². The minimum absolute atomic E-state index is 0.0415.